The molecule has 0 spiro atoms. The number of nitrogens with zero attached hydrogens (tertiary/aromatic N) is 1. The van der Waals surface area contributed by atoms with Gasteiger partial charge in [0.25, 0.3) is 0 Å². The fraction of sp³-hybridized carbons (Fsp3) is 0.278. The minimum absolute atomic E-state index is 0.0984. The summed E-state index contributed by atoms with van der Waals surface area (Å²) in [7, 11) is 3.23. The Kier molecular flexibility index (Phi) is 5.15. The molecule has 2 aromatic rings. The van der Waals surface area contributed by atoms with Crippen LogP contribution in [0.25, 0.3) is 0 Å². The maximum absolute atomic E-state index is 12.7. The number of para-hydroxylation sites is 2. The zero-order valence-corrected chi connectivity index (χ0v) is 14.5. The normalized spacial score (nSPS) is 16.8. The average molecular weight is 344 g/mol. The Morgan fingerprint density at radius 3 is 2.62 bits per heavy atom. The minimum atomic E-state index is -0.110. The Labute approximate surface area is 145 Å². The molecule has 2 amide bonds. The molecule has 2 aromatic carbocycles. The Morgan fingerprint density at radius 2 is 1.92 bits per heavy atom. The molecule has 6 heteroatoms. The number of benzene rings is 2. The SMILES string of the molecule is COc1cccc([C@H]2SCCN2C(=O)Nc2ccccc2)c1OC. The molecule has 126 valence electrons. The summed E-state index contributed by atoms with van der Waals surface area (Å²) in [4.78, 5) is 14.5. The molecular formula is C18H20N2O3S. The van der Waals surface area contributed by atoms with Crippen molar-refractivity contribution in [3.05, 3.63) is 54.1 Å². The van der Waals surface area contributed by atoms with E-state index in [1.54, 1.807) is 26.0 Å². The summed E-state index contributed by atoms with van der Waals surface area (Å²) in [6.45, 7) is 0.689. The summed E-state index contributed by atoms with van der Waals surface area (Å²) in [5.74, 6) is 2.23. The topological polar surface area (TPSA) is 50.8 Å². The molecule has 1 aliphatic heterocycles. The Hall–Kier alpha value is -2.34. The van der Waals surface area contributed by atoms with Crippen molar-refractivity contribution in [2.75, 3.05) is 31.8 Å². The molecule has 1 fully saturated rings. The molecule has 0 aliphatic carbocycles. The fourth-order valence-electron chi connectivity index (χ4n) is 2.76. The van der Waals surface area contributed by atoms with E-state index in [1.807, 2.05) is 53.4 Å². The highest BCUT2D eigenvalue weighted by molar-refractivity contribution is 7.99. The quantitative estimate of drug-likeness (QED) is 0.911. The fourth-order valence-corrected chi connectivity index (χ4v) is 4.03. The second-order valence-electron chi connectivity index (χ2n) is 5.30. The van der Waals surface area contributed by atoms with E-state index in [0.29, 0.717) is 18.0 Å². The summed E-state index contributed by atoms with van der Waals surface area (Å²) in [6, 6.07) is 15.1. The van der Waals surface area contributed by atoms with E-state index in [-0.39, 0.29) is 11.4 Å². The summed E-state index contributed by atoms with van der Waals surface area (Å²) >= 11 is 1.72. The van der Waals surface area contributed by atoms with E-state index in [2.05, 4.69) is 5.32 Å². The van der Waals surface area contributed by atoms with E-state index in [4.69, 9.17) is 9.47 Å². The molecule has 1 saturated heterocycles. The maximum Gasteiger partial charge on any atom is 0.323 e. The third-order valence-electron chi connectivity index (χ3n) is 3.88. The van der Waals surface area contributed by atoms with Gasteiger partial charge in [-0.2, -0.15) is 0 Å². The van der Waals surface area contributed by atoms with E-state index < -0.39 is 0 Å². The van der Waals surface area contributed by atoms with Crippen LogP contribution in [0.1, 0.15) is 10.9 Å². The molecule has 5 nitrogen and oxygen atoms in total. The number of rotatable bonds is 4. The molecule has 1 heterocycles. The van der Waals surface area contributed by atoms with Crippen molar-refractivity contribution >= 4 is 23.5 Å². The third kappa shape index (κ3) is 3.28. The highest BCUT2D eigenvalue weighted by atomic mass is 32.2. The zero-order valence-electron chi connectivity index (χ0n) is 13.7. The Bertz CT molecular complexity index is 709. The van der Waals surface area contributed by atoms with Crippen molar-refractivity contribution in [2.24, 2.45) is 0 Å². The predicted molar refractivity (Wildman–Crippen MR) is 96.9 cm³/mol. The van der Waals surface area contributed by atoms with Crippen molar-refractivity contribution in [2.45, 2.75) is 5.37 Å². The van der Waals surface area contributed by atoms with Crippen molar-refractivity contribution in [3.8, 4) is 11.5 Å². The van der Waals surface area contributed by atoms with Gasteiger partial charge in [-0.1, -0.05) is 30.3 Å². The number of nitrogens with one attached hydrogen (secondary N) is 1. The first-order chi connectivity index (χ1) is 11.7. The molecule has 0 bridgehead atoms. The Morgan fingerprint density at radius 1 is 1.12 bits per heavy atom. The van der Waals surface area contributed by atoms with E-state index >= 15 is 0 Å². The lowest BCUT2D eigenvalue weighted by Crippen LogP contribution is -2.34. The summed E-state index contributed by atoms with van der Waals surface area (Å²) < 4.78 is 10.9. The van der Waals surface area contributed by atoms with Gasteiger partial charge in [0, 0.05) is 23.5 Å². The summed E-state index contributed by atoms with van der Waals surface area (Å²) in [5, 5.41) is 2.85. The molecule has 0 unspecified atom stereocenters. The lowest BCUT2D eigenvalue weighted by Gasteiger charge is -2.26. The number of anilines is 1. The number of carbonyl (C=O) groups excluding carboxylic acids is 1. The molecule has 24 heavy (non-hydrogen) atoms. The smallest absolute Gasteiger partial charge is 0.323 e. The van der Waals surface area contributed by atoms with Gasteiger partial charge in [0.2, 0.25) is 0 Å². The van der Waals surface area contributed by atoms with E-state index in [9.17, 15) is 4.79 Å². The van der Waals surface area contributed by atoms with Gasteiger partial charge < -0.3 is 19.7 Å². The van der Waals surface area contributed by atoms with Crippen LogP contribution in [0.3, 0.4) is 0 Å². The van der Waals surface area contributed by atoms with Crippen LogP contribution < -0.4 is 14.8 Å². The first kappa shape index (κ1) is 16.5. The molecule has 0 aromatic heterocycles. The summed E-state index contributed by atoms with van der Waals surface area (Å²) in [6.07, 6.45) is 0. The highest BCUT2D eigenvalue weighted by Crippen LogP contribution is 2.45. The molecule has 1 N–H and O–H groups in total. The largest absolute Gasteiger partial charge is 0.493 e. The number of amides is 2. The van der Waals surface area contributed by atoms with Gasteiger partial charge in [-0.3, -0.25) is 0 Å². The highest BCUT2D eigenvalue weighted by Gasteiger charge is 2.33. The van der Waals surface area contributed by atoms with Crippen molar-refractivity contribution in [1.29, 1.82) is 0 Å². The molecular weight excluding hydrogens is 324 g/mol. The van der Waals surface area contributed by atoms with Crippen LogP contribution in [-0.4, -0.2) is 37.4 Å². The minimum Gasteiger partial charge on any atom is -0.493 e. The van der Waals surface area contributed by atoms with Gasteiger partial charge in [0.1, 0.15) is 5.37 Å². The van der Waals surface area contributed by atoms with Crippen LogP contribution in [0, 0.1) is 0 Å². The number of hydrogen-bond acceptors (Lipinski definition) is 4. The first-order valence-electron chi connectivity index (χ1n) is 7.69. The third-order valence-corrected chi connectivity index (χ3v) is 5.12. The van der Waals surface area contributed by atoms with Crippen molar-refractivity contribution in [3.63, 3.8) is 0 Å². The van der Waals surface area contributed by atoms with Crippen LogP contribution in [0.5, 0.6) is 11.5 Å². The molecule has 1 aliphatic rings. The van der Waals surface area contributed by atoms with Gasteiger partial charge >= 0.3 is 6.03 Å². The molecule has 0 radical (unpaired) electrons. The van der Waals surface area contributed by atoms with Crippen molar-refractivity contribution < 1.29 is 14.3 Å². The van der Waals surface area contributed by atoms with Crippen LogP contribution >= 0.6 is 11.8 Å². The van der Waals surface area contributed by atoms with Gasteiger partial charge in [-0.15, -0.1) is 11.8 Å². The van der Waals surface area contributed by atoms with Gasteiger partial charge in [-0.05, 0) is 18.2 Å². The first-order valence-corrected chi connectivity index (χ1v) is 8.74. The number of carbonyl (C=O) groups is 1. The molecule has 0 saturated carbocycles. The second kappa shape index (κ2) is 7.49. The zero-order chi connectivity index (χ0) is 16.9. The lowest BCUT2D eigenvalue weighted by molar-refractivity contribution is 0.213. The van der Waals surface area contributed by atoms with Crippen LogP contribution in [0.4, 0.5) is 10.5 Å². The number of urea groups is 1. The molecule has 3 rings (SSSR count). The van der Waals surface area contributed by atoms with Gasteiger partial charge in [-0.25, -0.2) is 4.79 Å². The Balaban J connectivity index is 1.84. The van der Waals surface area contributed by atoms with Gasteiger partial charge in [0.05, 0.1) is 14.2 Å². The van der Waals surface area contributed by atoms with Crippen molar-refractivity contribution in [1.82, 2.24) is 4.90 Å². The van der Waals surface area contributed by atoms with Gasteiger partial charge in [0.15, 0.2) is 11.5 Å². The number of hydrogen-bond donors (Lipinski definition) is 1. The number of thioether (sulfide) groups is 1. The summed E-state index contributed by atoms with van der Waals surface area (Å²) in [5.41, 5.74) is 1.73. The number of ether oxygens (including phenoxy) is 2. The van der Waals surface area contributed by atoms with E-state index in [1.165, 1.54) is 0 Å². The van der Waals surface area contributed by atoms with Crippen LogP contribution in [-0.2, 0) is 0 Å². The maximum atomic E-state index is 12.7. The standard InChI is InChI=1S/C18H20N2O3S/c1-22-15-10-6-9-14(16(15)23-2)17-20(11-12-24-17)18(21)19-13-7-4-3-5-8-13/h3-10,17H,11-12H2,1-2H3,(H,19,21)/t17-/m1/s1. The van der Waals surface area contributed by atoms with Crippen LogP contribution in [0.2, 0.25) is 0 Å². The van der Waals surface area contributed by atoms with E-state index in [0.717, 1.165) is 17.0 Å². The monoisotopic (exact) mass is 344 g/mol. The predicted octanol–water partition coefficient (Wildman–Crippen LogP) is 3.98. The molecule has 1 atom stereocenters. The van der Waals surface area contributed by atoms with Crippen LogP contribution in [0.15, 0.2) is 48.5 Å². The second-order valence-corrected chi connectivity index (χ2v) is 6.48. The lowest BCUT2D eigenvalue weighted by atomic mass is 10.1. The number of methoxy groups -OCH3 is 2. The average Bonchev–Trinajstić information content (AvgIpc) is 3.11.